The molecule has 0 aliphatic carbocycles. The van der Waals surface area contributed by atoms with Gasteiger partial charge in [0.15, 0.2) is 0 Å². The van der Waals surface area contributed by atoms with Crippen LogP contribution >= 0.6 is 22.6 Å². The van der Waals surface area contributed by atoms with Crippen LogP contribution in [0.15, 0.2) is 18.2 Å². The molecule has 0 unspecified atom stereocenters. The zero-order valence-corrected chi connectivity index (χ0v) is 11.9. The summed E-state index contributed by atoms with van der Waals surface area (Å²) in [6, 6.07) is 3.56. The number of carboxylic acid groups (broad SMARTS) is 1. The molecule has 0 atom stereocenters. The molecule has 0 saturated heterocycles. The molecule has 1 aromatic carbocycles. The normalized spacial score (nSPS) is 11.2. The molecule has 0 heterocycles. The minimum absolute atomic E-state index is 0.379. The molecule has 0 radical (unpaired) electrons. The third-order valence-corrected chi connectivity index (χ3v) is 2.84. The molecule has 10 heteroatoms. The van der Waals surface area contributed by atoms with Crippen molar-refractivity contribution in [2.75, 3.05) is 18.0 Å². The number of hydrogen-bond donors (Lipinski definition) is 1. The average molecular weight is 404 g/mol. The third-order valence-electron chi connectivity index (χ3n) is 2.17. The van der Waals surface area contributed by atoms with Gasteiger partial charge < -0.3 is 10.0 Å². The van der Waals surface area contributed by atoms with E-state index in [2.05, 4.69) is 0 Å². The van der Waals surface area contributed by atoms with E-state index < -0.39 is 35.8 Å². The van der Waals surface area contributed by atoms with Crippen LogP contribution in [0.2, 0.25) is 0 Å². The second-order valence-corrected chi connectivity index (χ2v) is 5.00. The minimum atomic E-state index is -4.67. The van der Waals surface area contributed by atoms with Crippen molar-refractivity contribution in [3.05, 3.63) is 31.9 Å². The lowest BCUT2D eigenvalue weighted by molar-refractivity contribution is -0.384. The number of alkyl halides is 3. The van der Waals surface area contributed by atoms with E-state index >= 15 is 0 Å². The van der Waals surface area contributed by atoms with Crippen molar-refractivity contribution in [1.29, 1.82) is 0 Å². The Hall–Kier alpha value is -1.59. The Morgan fingerprint density at radius 3 is 2.50 bits per heavy atom. The van der Waals surface area contributed by atoms with Gasteiger partial charge in [-0.3, -0.25) is 14.9 Å². The van der Waals surface area contributed by atoms with Crippen LogP contribution in [0.5, 0.6) is 0 Å². The van der Waals surface area contributed by atoms with Gasteiger partial charge in [-0.05, 0) is 34.7 Å². The van der Waals surface area contributed by atoms with Crippen molar-refractivity contribution in [3.63, 3.8) is 0 Å². The number of nitrogens with zero attached hydrogens (tertiary/aromatic N) is 2. The number of hydrogen-bond acceptors (Lipinski definition) is 4. The lowest BCUT2D eigenvalue weighted by atomic mass is 10.2. The van der Waals surface area contributed by atoms with Crippen LogP contribution in [0.3, 0.4) is 0 Å². The molecule has 0 saturated carbocycles. The SMILES string of the molecule is O=C(O)CN(CC(F)(F)F)c1ccc(I)cc1[N+](=O)[O-]. The van der Waals surface area contributed by atoms with E-state index in [4.69, 9.17) is 5.11 Å². The number of nitro benzene ring substituents is 1. The maximum atomic E-state index is 12.4. The summed E-state index contributed by atoms with van der Waals surface area (Å²) in [5, 5.41) is 19.5. The van der Waals surface area contributed by atoms with Crippen molar-refractivity contribution < 1.29 is 28.0 Å². The number of benzene rings is 1. The number of aliphatic carboxylic acids is 1. The number of rotatable bonds is 5. The zero-order valence-electron chi connectivity index (χ0n) is 9.72. The minimum Gasteiger partial charge on any atom is -0.480 e. The molecular weight excluding hydrogens is 396 g/mol. The van der Waals surface area contributed by atoms with E-state index in [1.54, 1.807) is 22.6 Å². The van der Waals surface area contributed by atoms with Crippen LogP contribution < -0.4 is 4.90 Å². The van der Waals surface area contributed by atoms with Crippen LogP contribution in [0.1, 0.15) is 0 Å². The molecule has 1 rings (SSSR count). The van der Waals surface area contributed by atoms with Gasteiger partial charge in [-0.1, -0.05) is 0 Å². The van der Waals surface area contributed by atoms with Gasteiger partial charge >= 0.3 is 12.1 Å². The summed E-state index contributed by atoms with van der Waals surface area (Å²) in [6.45, 7) is -2.57. The maximum absolute atomic E-state index is 12.4. The predicted molar refractivity (Wildman–Crippen MR) is 71.7 cm³/mol. The fourth-order valence-electron chi connectivity index (χ4n) is 1.52. The van der Waals surface area contributed by atoms with E-state index in [9.17, 15) is 28.1 Å². The van der Waals surface area contributed by atoms with Crippen molar-refractivity contribution in [1.82, 2.24) is 0 Å². The molecule has 0 amide bonds. The van der Waals surface area contributed by atoms with Crippen LogP contribution in [0.25, 0.3) is 0 Å². The molecule has 0 fully saturated rings. The lowest BCUT2D eigenvalue weighted by Gasteiger charge is -2.23. The number of halogens is 4. The number of carbonyl (C=O) groups is 1. The molecule has 0 aromatic heterocycles. The Balaban J connectivity index is 3.25. The van der Waals surface area contributed by atoms with Crippen LogP contribution in [0, 0.1) is 13.7 Å². The van der Waals surface area contributed by atoms with Crippen LogP contribution in [-0.2, 0) is 4.79 Å². The molecular formula is C10H8F3IN2O4. The second-order valence-electron chi connectivity index (χ2n) is 3.76. The van der Waals surface area contributed by atoms with E-state index in [0.717, 1.165) is 12.1 Å². The van der Waals surface area contributed by atoms with Gasteiger partial charge in [0.25, 0.3) is 5.69 Å². The molecule has 1 N–H and O–H groups in total. The monoisotopic (exact) mass is 404 g/mol. The highest BCUT2D eigenvalue weighted by Gasteiger charge is 2.34. The summed E-state index contributed by atoms with van der Waals surface area (Å²) in [6.07, 6.45) is -4.67. The van der Waals surface area contributed by atoms with Gasteiger partial charge in [0.1, 0.15) is 18.8 Å². The molecule has 20 heavy (non-hydrogen) atoms. The molecule has 110 valence electrons. The standard InChI is InChI=1S/C10H8F3IN2O4/c11-10(12,13)5-15(4-9(17)18)7-2-1-6(14)3-8(7)16(19)20/h1-3H,4-5H2,(H,17,18). The van der Waals surface area contributed by atoms with Gasteiger partial charge in [-0.2, -0.15) is 13.2 Å². The van der Waals surface area contributed by atoms with Crippen molar-refractivity contribution in [3.8, 4) is 0 Å². The number of nitro groups is 1. The smallest absolute Gasteiger partial charge is 0.405 e. The van der Waals surface area contributed by atoms with Crippen LogP contribution in [0.4, 0.5) is 24.5 Å². The highest BCUT2D eigenvalue weighted by molar-refractivity contribution is 14.1. The van der Waals surface area contributed by atoms with Gasteiger partial charge in [-0.15, -0.1) is 0 Å². The highest BCUT2D eigenvalue weighted by Crippen LogP contribution is 2.31. The Morgan fingerprint density at radius 2 is 2.05 bits per heavy atom. The first-order valence-electron chi connectivity index (χ1n) is 5.07. The topological polar surface area (TPSA) is 83.7 Å². The molecule has 0 spiro atoms. The first kappa shape index (κ1) is 16.5. The first-order chi connectivity index (χ1) is 9.10. The summed E-state index contributed by atoms with van der Waals surface area (Å²) in [5.41, 5.74) is -0.947. The Morgan fingerprint density at radius 1 is 1.45 bits per heavy atom. The zero-order chi connectivity index (χ0) is 15.5. The molecule has 6 nitrogen and oxygen atoms in total. The lowest BCUT2D eigenvalue weighted by Crippen LogP contribution is -2.38. The van der Waals surface area contributed by atoms with Crippen molar-refractivity contribution in [2.45, 2.75) is 6.18 Å². The van der Waals surface area contributed by atoms with Gasteiger partial charge in [0.2, 0.25) is 0 Å². The first-order valence-corrected chi connectivity index (χ1v) is 6.15. The summed E-state index contributed by atoms with van der Waals surface area (Å²) in [5.74, 6) is -1.51. The summed E-state index contributed by atoms with van der Waals surface area (Å²) < 4.78 is 37.8. The summed E-state index contributed by atoms with van der Waals surface area (Å²) in [4.78, 5) is 21.1. The predicted octanol–water partition coefficient (Wildman–Crippen LogP) is 2.65. The Labute approximate surface area is 124 Å². The van der Waals surface area contributed by atoms with Gasteiger partial charge in [0.05, 0.1) is 4.92 Å². The van der Waals surface area contributed by atoms with Crippen LogP contribution in [-0.4, -0.2) is 35.3 Å². The molecule has 0 aliphatic heterocycles. The highest BCUT2D eigenvalue weighted by atomic mass is 127. The van der Waals surface area contributed by atoms with E-state index in [1.807, 2.05) is 0 Å². The fraction of sp³-hybridized carbons (Fsp3) is 0.300. The van der Waals surface area contributed by atoms with E-state index in [0.29, 0.717) is 8.47 Å². The second kappa shape index (κ2) is 6.24. The number of carboxylic acids is 1. The number of anilines is 1. The molecule has 0 bridgehead atoms. The maximum Gasteiger partial charge on any atom is 0.405 e. The van der Waals surface area contributed by atoms with Crippen molar-refractivity contribution in [2.24, 2.45) is 0 Å². The Kier molecular flexibility index (Phi) is 5.14. The summed E-state index contributed by atoms with van der Waals surface area (Å²) >= 11 is 1.77. The third kappa shape index (κ3) is 4.83. The largest absolute Gasteiger partial charge is 0.480 e. The van der Waals surface area contributed by atoms with Gasteiger partial charge in [-0.25, -0.2) is 0 Å². The van der Waals surface area contributed by atoms with Crippen molar-refractivity contribution >= 4 is 39.9 Å². The fourth-order valence-corrected chi connectivity index (χ4v) is 1.99. The van der Waals surface area contributed by atoms with Gasteiger partial charge in [0, 0.05) is 9.64 Å². The quantitative estimate of drug-likeness (QED) is 0.464. The van der Waals surface area contributed by atoms with E-state index in [-0.39, 0.29) is 5.69 Å². The average Bonchev–Trinajstić information content (AvgIpc) is 2.25. The Bertz CT molecular complexity index is 536. The molecule has 0 aliphatic rings. The van der Waals surface area contributed by atoms with E-state index in [1.165, 1.54) is 6.07 Å². The summed E-state index contributed by atoms with van der Waals surface area (Å²) in [7, 11) is 0. The molecule has 1 aromatic rings.